The predicted molar refractivity (Wildman–Crippen MR) is 73.7 cm³/mol. The highest BCUT2D eigenvalue weighted by molar-refractivity contribution is 5.63. The molecule has 1 fully saturated rings. The van der Waals surface area contributed by atoms with Crippen molar-refractivity contribution in [2.75, 3.05) is 26.8 Å². The lowest BCUT2D eigenvalue weighted by Crippen LogP contribution is -2.22. The van der Waals surface area contributed by atoms with Crippen LogP contribution in [0, 0.1) is 0 Å². The quantitative estimate of drug-likeness (QED) is 0.785. The third-order valence-corrected chi connectivity index (χ3v) is 3.41. The Labute approximate surface area is 105 Å². The van der Waals surface area contributed by atoms with Crippen molar-refractivity contribution in [3.05, 3.63) is 42.0 Å². The second-order valence-corrected chi connectivity index (χ2v) is 4.93. The summed E-state index contributed by atoms with van der Waals surface area (Å²) in [7, 11) is 2.18. The van der Waals surface area contributed by atoms with Crippen molar-refractivity contribution in [3.8, 4) is 0 Å². The topological polar surface area (TPSA) is 6.48 Å². The van der Waals surface area contributed by atoms with Gasteiger partial charge in [0.25, 0.3) is 0 Å². The molecular weight excluding hydrogens is 208 g/mol. The summed E-state index contributed by atoms with van der Waals surface area (Å²) in [5.74, 6) is 0. The highest BCUT2D eigenvalue weighted by Gasteiger charge is 2.16. The fourth-order valence-electron chi connectivity index (χ4n) is 2.28. The molecule has 0 bridgehead atoms. The summed E-state index contributed by atoms with van der Waals surface area (Å²) >= 11 is 0. The zero-order valence-corrected chi connectivity index (χ0v) is 10.9. The summed E-state index contributed by atoms with van der Waals surface area (Å²) in [5.41, 5.74) is 3.91. The Balaban J connectivity index is 2.03. The first-order valence-corrected chi connectivity index (χ1v) is 6.37. The van der Waals surface area contributed by atoms with E-state index in [1.54, 1.807) is 0 Å². The third-order valence-electron chi connectivity index (χ3n) is 3.41. The van der Waals surface area contributed by atoms with Crippen LogP contribution in [-0.4, -0.2) is 36.6 Å². The smallest absolute Gasteiger partial charge is 0.0507 e. The minimum atomic E-state index is 1.02. The summed E-state index contributed by atoms with van der Waals surface area (Å²) in [6, 6.07) is 8.80. The van der Waals surface area contributed by atoms with Crippen molar-refractivity contribution >= 4 is 5.57 Å². The Morgan fingerprint density at radius 1 is 1.35 bits per heavy atom. The van der Waals surface area contributed by atoms with E-state index in [1.165, 1.54) is 29.8 Å². The normalized spacial score (nSPS) is 17.5. The predicted octanol–water partition coefficient (Wildman–Crippen LogP) is 2.81. The number of likely N-dealkylation sites (N-methyl/N-ethyl adjacent to an activating group) is 1. The Hall–Kier alpha value is -1.12. The minimum absolute atomic E-state index is 1.02. The lowest BCUT2D eigenvalue weighted by molar-refractivity contribution is 0.268. The van der Waals surface area contributed by atoms with Gasteiger partial charge in [0.1, 0.15) is 0 Å². The van der Waals surface area contributed by atoms with Gasteiger partial charge in [0.05, 0.1) is 6.67 Å². The molecule has 92 valence electrons. The van der Waals surface area contributed by atoms with Gasteiger partial charge in [0, 0.05) is 19.6 Å². The summed E-state index contributed by atoms with van der Waals surface area (Å²) in [6.45, 7) is 10.8. The summed E-state index contributed by atoms with van der Waals surface area (Å²) in [6.07, 6.45) is 1.02. The number of hydrogen-bond acceptors (Lipinski definition) is 2. The number of benzene rings is 1. The van der Waals surface area contributed by atoms with Crippen LogP contribution in [0.2, 0.25) is 0 Å². The Morgan fingerprint density at radius 3 is 2.82 bits per heavy atom. The van der Waals surface area contributed by atoms with Crippen LogP contribution in [0.5, 0.6) is 0 Å². The van der Waals surface area contributed by atoms with E-state index >= 15 is 0 Å². The molecular formula is C15H22N2. The van der Waals surface area contributed by atoms with Crippen LogP contribution >= 0.6 is 0 Å². The Bertz CT molecular complexity index is 398. The summed E-state index contributed by atoms with van der Waals surface area (Å²) in [4.78, 5) is 4.84. The highest BCUT2D eigenvalue weighted by Crippen LogP contribution is 2.18. The third kappa shape index (κ3) is 3.18. The van der Waals surface area contributed by atoms with Crippen LogP contribution in [-0.2, 0) is 6.54 Å². The van der Waals surface area contributed by atoms with E-state index in [-0.39, 0.29) is 0 Å². The lowest BCUT2D eigenvalue weighted by Gasteiger charge is -2.16. The molecule has 2 nitrogen and oxygen atoms in total. The molecule has 1 aliphatic rings. The molecule has 17 heavy (non-hydrogen) atoms. The maximum absolute atomic E-state index is 4.11. The fraction of sp³-hybridized carbons (Fsp3) is 0.467. The van der Waals surface area contributed by atoms with Crippen molar-refractivity contribution in [2.45, 2.75) is 19.9 Å². The minimum Gasteiger partial charge on any atom is -0.292 e. The SMILES string of the molecule is C=C(CC)c1cccc(CN2CCN(C)C2)c1. The summed E-state index contributed by atoms with van der Waals surface area (Å²) in [5, 5.41) is 0. The molecule has 0 saturated carbocycles. The van der Waals surface area contributed by atoms with Gasteiger partial charge in [-0.15, -0.1) is 0 Å². The van der Waals surface area contributed by atoms with Gasteiger partial charge < -0.3 is 0 Å². The van der Waals surface area contributed by atoms with E-state index in [9.17, 15) is 0 Å². The highest BCUT2D eigenvalue weighted by atomic mass is 15.4. The largest absolute Gasteiger partial charge is 0.292 e. The number of nitrogens with zero attached hydrogens (tertiary/aromatic N) is 2. The van der Waals surface area contributed by atoms with E-state index in [0.717, 1.165) is 19.6 Å². The summed E-state index contributed by atoms with van der Waals surface area (Å²) < 4.78 is 0. The van der Waals surface area contributed by atoms with Crippen molar-refractivity contribution in [3.63, 3.8) is 0 Å². The van der Waals surface area contributed by atoms with E-state index in [4.69, 9.17) is 0 Å². The molecule has 0 spiro atoms. The van der Waals surface area contributed by atoms with Crippen LogP contribution in [0.1, 0.15) is 24.5 Å². The molecule has 0 amide bonds. The zero-order chi connectivity index (χ0) is 12.3. The van der Waals surface area contributed by atoms with E-state index < -0.39 is 0 Å². The Morgan fingerprint density at radius 2 is 2.18 bits per heavy atom. The van der Waals surface area contributed by atoms with Gasteiger partial charge in [0.2, 0.25) is 0 Å². The second kappa shape index (κ2) is 5.48. The molecule has 2 rings (SSSR count). The van der Waals surface area contributed by atoms with Gasteiger partial charge in [-0.3, -0.25) is 9.80 Å². The van der Waals surface area contributed by atoms with Crippen molar-refractivity contribution in [2.24, 2.45) is 0 Å². The molecule has 0 aliphatic carbocycles. The number of allylic oxidation sites excluding steroid dienone is 1. The molecule has 0 unspecified atom stereocenters. The fourth-order valence-corrected chi connectivity index (χ4v) is 2.28. The van der Waals surface area contributed by atoms with Gasteiger partial charge in [0.15, 0.2) is 0 Å². The van der Waals surface area contributed by atoms with Crippen LogP contribution < -0.4 is 0 Å². The van der Waals surface area contributed by atoms with Gasteiger partial charge in [-0.2, -0.15) is 0 Å². The molecule has 0 atom stereocenters. The van der Waals surface area contributed by atoms with Gasteiger partial charge in [-0.05, 0) is 30.2 Å². The van der Waals surface area contributed by atoms with Crippen LogP contribution in [0.3, 0.4) is 0 Å². The van der Waals surface area contributed by atoms with E-state index in [0.29, 0.717) is 0 Å². The Kier molecular flexibility index (Phi) is 3.97. The first kappa shape index (κ1) is 12.3. The lowest BCUT2D eigenvalue weighted by atomic mass is 10.0. The zero-order valence-electron chi connectivity index (χ0n) is 10.9. The molecule has 1 aromatic rings. The first-order chi connectivity index (χ1) is 8.19. The van der Waals surface area contributed by atoms with Crippen molar-refractivity contribution in [1.82, 2.24) is 9.80 Å². The average molecular weight is 230 g/mol. The maximum Gasteiger partial charge on any atom is 0.0507 e. The van der Waals surface area contributed by atoms with E-state index in [2.05, 4.69) is 54.6 Å². The van der Waals surface area contributed by atoms with E-state index in [1.807, 2.05) is 0 Å². The number of rotatable bonds is 4. The molecule has 1 heterocycles. The molecule has 1 aliphatic heterocycles. The molecule has 0 radical (unpaired) electrons. The van der Waals surface area contributed by atoms with Crippen LogP contribution in [0.4, 0.5) is 0 Å². The first-order valence-electron chi connectivity index (χ1n) is 6.37. The van der Waals surface area contributed by atoms with Crippen molar-refractivity contribution < 1.29 is 0 Å². The molecule has 1 aromatic carbocycles. The maximum atomic E-state index is 4.11. The standard InChI is InChI=1S/C15H22N2/c1-4-13(2)15-7-5-6-14(10-15)11-17-9-8-16(3)12-17/h5-7,10H,2,4,8-9,11-12H2,1,3H3. The monoisotopic (exact) mass is 230 g/mol. The molecule has 0 N–H and O–H groups in total. The van der Waals surface area contributed by atoms with Crippen LogP contribution in [0.15, 0.2) is 30.8 Å². The molecule has 2 heteroatoms. The average Bonchev–Trinajstić information content (AvgIpc) is 2.74. The van der Waals surface area contributed by atoms with Gasteiger partial charge >= 0.3 is 0 Å². The van der Waals surface area contributed by atoms with Gasteiger partial charge in [-0.1, -0.05) is 37.8 Å². The second-order valence-electron chi connectivity index (χ2n) is 4.93. The molecule has 0 aromatic heterocycles. The van der Waals surface area contributed by atoms with Crippen LogP contribution in [0.25, 0.3) is 5.57 Å². The molecule has 1 saturated heterocycles. The van der Waals surface area contributed by atoms with Gasteiger partial charge in [-0.25, -0.2) is 0 Å². The van der Waals surface area contributed by atoms with Crippen molar-refractivity contribution in [1.29, 1.82) is 0 Å². The number of hydrogen-bond donors (Lipinski definition) is 0.